The van der Waals surface area contributed by atoms with Gasteiger partial charge in [0, 0.05) is 6.04 Å². The molecule has 0 aliphatic rings. The molecule has 14 heavy (non-hydrogen) atoms. The Balaban J connectivity index is 3.72. The molecule has 1 nitrogen and oxygen atoms in total. The fourth-order valence-electron chi connectivity index (χ4n) is 1.79. The van der Waals surface area contributed by atoms with E-state index >= 15 is 0 Å². The molecule has 0 spiro atoms. The summed E-state index contributed by atoms with van der Waals surface area (Å²) < 4.78 is 0. The van der Waals surface area contributed by atoms with Gasteiger partial charge in [-0.3, -0.25) is 0 Å². The summed E-state index contributed by atoms with van der Waals surface area (Å²) in [6, 6.07) is 0.711. The average molecular weight is 199 g/mol. The largest absolute Gasteiger partial charge is 0.314 e. The van der Waals surface area contributed by atoms with Crippen molar-refractivity contribution in [1.82, 2.24) is 5.32 Å². The van der Waals surface area contributed by atoms with Gasteiger partial charge < -0.3 is 5.32 Å². The molecule has 0 aromatic rings. The van der Waals surface area contributed by atoms with Crippen molar-refractivity contribution in [2.24, 2.45) is 11.3 Å². The lowest BCUT2D eigenvalue weighted by molar-refractivity contribution is 0.318. The van der Waals surface area contributed by atoms with Crippen LogP contribution in [0.3, 0.4) is 0 Å². The number of hydrogen-bond acceptors (Lipinski definition) is 1. The lowest BCUT2D eigenvalue weighted by atomic mass is 9.87. The third kappa shape index (κ3) is 7.37. The van der Waals surface area contributed by atoms with Gasteiger partial charge in [0.2, 0.25) is 0 Å². The summed E-state index contributed by atoms with van der Waals surface area (Å²) in [7, 11) is 0. The van der Waals surface area contributed by atoms with Crippen LogP contribution in [0.25, 0.3) is 0 Å². The Morgan fingerprint density at radius 1 is 1.14 bits per heavy atom. The van der Waals surface area contributed by atoms with Crippen LogP contribution in [0.5, 0.6) is 0 Å². The van der Waals surface area contributed by atoms with Gasteiger partial charge in [0.25, 0.3) is 0 Å². The lowest BCUT2D eigenvalue weighted by Gasteiger charge is -2.24. The molecule has 1 heteroatoms. The van der Waals surface area contributed by atoms with Crippen molar-refractivity contribution in [3.63, 3.8) is 0 Å². The van der Waals surface area contributed by atoms with Crippen LogP contribution in [0, 0.1) is 11.3 Å². The average Bonchev–Trinajstić information content (AvgIpc) is 2.00. The number of rotatable bonds is 6. The molecule has 0 bridgehead atoms. The maximum absolute atomic E-state index is 3.57. The highest BCUT2D eigenvalue weighted by molar-refractivity contribution is 4.71. The molecule has 0 rings (SSSR count). The standard InChI is InChI=1S/C13H29N/c1-7-14-12(11(2)3)9-8-10-13(4,5)6/h11-12,14H,7-10H2,1-6H3. The zero-order valence-electron chi connectivity index (χ0n) is 11.0. The SMILES string of the molecule is CCNC(CCCC(C)(C)C)C(C)C. The van der Waals surface area contributed by atoms with Crippen LogP contribution in [0.4, 0.5) is 0 Å². The number of hydrogen-bond donors (Lipinski definition) is 1. The maximum atomic E-state index is 3.57. The Hall–Kier alpha value is -0.0400. The van der Waals surface area contributed by atoms with E-state index < -0.39 is 0 Å². The molecule has 1 atom stereocenters. The van der Waals surface area contributed by atoms with Gasteiger partial charge >= 0.3 is 0 Å². The second-order valence-electron chi connectivity index (χ2n) is 5.86. The third-order valence-electron chi connectivity index (χ3n) is 2.71. The van der Waals surface area contributed by atoms with Crippen LogP contribution in [0.2, 0.25) is 0 Å². The van der Waals surface area contributed by atoms with E-state index in [2.05, 4.69) is 46.9 Å². The molecule has 0 fully saturated rings. The normalized spacial score (nSPS) is 14.8. The minimum absolute atomic E-state index is 0.494. The van der Waals surface area contributed by atoms with Gasteiger partial charge in [-0.2, -0.15) is 0 Å². The Bertz CT molecular complexity index is 133. The van der Waals surface area contributed by atoms with Gasteiger partial charge in [-0.25, -0.2) is 0 Å². The smallest absolute Gasteiger partial charge is 0.00899 e. The fourth-order valence-corrected chi connectivity index (χ4v) is 1.79. The fraction of sp³-hybridized carbons (Fsp3) is 1.00. The third-order valence-corrected chi connectivity index (χ3v) is 2.71. The van der Waals surface area contributed by atoms with E-state index in [1.807, 2.05) is 0 Å². The van der Waals surface area contributed by atoms with Crippen molar-refractivity contribution in [2.45, 2.75) is 66.8 Å². The monoisotopic (exact) mass is 199 g/mol. The first-order chi connectivity index (χ1) is 6.37. The Labute approximate surface area is 90.7 Å². The summed E-state index contributed by atoms with van der Waals surface area (Å²) in [5, 5.41) is 3.57. The minimum atomic E-state index is 0.494. The molecule has 86 valence electrons. The molecule has 0 radical (unpaired) electrons. The molecule has 0 aromatic carbocycles. The number of nitrogens with one attached hydrogen (secondary N) is 1. The van der Waals surface area contributed by atoms with Crippen LogP contribution in [-0.4, -0.2) is 12.6 Å². The van der Waals surface area contributed by atoms with Crippen molar-refractivity contribution in [3.8, 4) is 0 Å². The van der Waals surface area contributed by atoms with E-state index in [1.54, 1.807) is 0 Å². The van der Waals surface area contributed by atoms with E-state index in [0.29, 0.717) is 11.5 Å². The highest BCUT2D eigenvalue weighted by atomic mass is 14.9. The van der Waals surface area contributed by atoms with Gasteiger partial charge in [0.05, 0.1) is 0 Å². The van der Waals surface area contributed by atoms with Crippen molar-refractivity contribution < 1.29 is 0 Å². The van der Waals surface area contributed by atoms with Crippen LogP contribution >= 0.6 is 0 Å². The van der Waals surface area contributed by atoms with Crippen molar-refractivity contribution >= 4 is 0 Å². The van der Waals surface area contributed by atoms with Crippen LogP contribution in [0.15, 0.2) is 0 Å². The first kappa shape index (κ1) is 14.0. The Kier molecular flexibility index (Phi) is 6.43. The van der Waals surface area contributed by atoms with Gasteiger partial charge in [-0.15, -0.1) is 0 Å². The second-order valence-corrected chi connectivity index (χ2v) is 5.86. The quantitative estimate of drug-likeness (QED) is 0.685. The zero-order valence-corrected chi connectivity index (χ0v) is 11.0. The first-order valence-corrected chi connectivity index (χ1v) is 6.10. The molecule has 0 heterocycles. The van der Waals surface area contributed by atoms with Gasteiger partial charge in [-0.05, 0) is 30.7 Å². The summed E-state index contributed by atoms with van der Waals surface area (Å²) in [4.78, 5) is 0. The highest BCUT2D eigenvalue weighted by Gasteiger charge is 2.14. The molecule has 0 amide bonds. The zero-order chi connectivity index (χ0) is 11.2. The van der Waals surface area contributed by atoms with E-state index in [-0.39, 0.29) is 0 Å². The predicted molar refractivity (Wildman–Crippen MR) is 65.6 cm³/mol. The van der Waals surface area contributed by atoms with Crippen molar-refractivity contribution in [2.75, 3.05) is 6.54 Å². The van der Waals surface area contributed by atoms with Gasteiger partial charge in [0.15, 0.2) is 0 Å². The first-order valence-electron chi connectivity index (χ1n) is 6.10. The van der Waals surface area contributed by atoms with E-state index in [0.717, 1.165) is 12.5 Å². The van der Waals surface area contributed by atoms with E-state index in [9.17, 15) is 0 Å². The maximum Gasteiger partial charge on any atom is 0.00899 e. The van der Waals surface area contributed by atoms with Gasteiger partial charge in [-0.1, -0.05) is 48.0 Å². The molecule has 0 aliphatic heterocycles. The predicted octanol–water partition coefficient (Wildman–Crippen LogP) is 3.84. The Morgan fingerprint density at radius 3 is 2.07 bits per heavy atom. The lowest BCUT2D eigenvalue weighted by Crippen LogP contribution is -2.33. The molecule has 1 N–H and O–H groups in total. The molecule has 0 saturated carbocycles. The molecule has 0 aliphatic carbocycles. The van der Waals surface area contributed by atoms with Crippen LogP contribution in [-0.2, 0) is 0 Å². The summed E-state index contributed by atoms with van der Waals surface area (Å²) in [6.07, 6.45) is 4.00. The minimum Gasteiger partial charge on any atom is -0.314 e. The van der Waals surface area contributed by atoms with Crippen LogP contribution < -0.4 is 5.32 Å². The molecule has 1 unspecified atom stereocenters. The summed E-state index contributed by atoms with van der Waals surface area (Å²) in [5.74, 6) is 0.759. The van der Waals surface area contributed by atoms with Gasteiger partial charge in [0.1, 0.15) is 0 Å². The second kappa shape index (κ2) is 6.44. The molecule has 0 aromatic heterocycles. The van der Waals surface area contributed by atoms with E-state index in [1.165, 1.54) is 19.3 Å². The topological polar surface area (TPSA) is 12.0 Å². The molecular formula is C13H29N. The van der Waals surface area contributed by atoms with Crippen LogP contribution in [0.1, 0.15) is 60.8 Å². The Morgan fingerprint density at radius 2 is 1.71 bits per heavy atom. The highest BCUT2D eigenvalue weighted by Crippen LogP contribution is 2.23. The van der Waals surface area contributed by atoms with Crippen molar-refractivity contribution in [1.29, 1.82) is 0 Å². The summed E-state index contributed by atoms with van der Waals surface area (Å²) >= 11 is 0. The summed E-state index contributed by atoms with van der Waals surface area (Å²) in [5.41, 5.74) is 0.494. The van der Waals surface area contributed by atoms with E-state index in [4.69, 9.17) is 0 Å². The molecule has 0 saturated heterocycles. The molecular weight excluding hydrogens is 170 g/mol. The van der Waals surface area contributed by atoms with Crippen molar-refractivity contribution in [3.05, 3.63) is 0 Å². The summed E-state index contributed by atoms with van der Waals surface area (Å²) in [6.45, 7) is 14.9.